The summed E-state index contributed by atoms with van der Waals surface area (Å²) in [5.41, 5.74) is 5.89. The summed E-state index contributed by atoms with van der Waals surface area (Å²) in [6.45, 7) is 10.3. The van der Waals surface area contributed by atoms with Crippen LogP contribution in [-0.4, -0.2) is 39.9 Å². The number of nitrogens with two attached hydrogens (primary N) is 1. The summed E-state index contributed by atoms with van der Waals surface area (Å²) in [6, 6.07) is 1.96. The fourth-order valence-electron chi connectivity index (χ4n) is 1.77. The minimum absolute atomic E-state index is 0.0726. The molecule has 4 nitrogen and oxygen atoms in total. The molecule has 0 saturated heterocycles. The highest BCUT2D eigenvalue weighted by atomic mass is 15.3. The summed E-state index contributed by atoms with van der Waals surface area (Å²) in [7, 11) is 0. The Morgan fingerprint density at radius 2 is 2.12 bits per heavy atom. The van der Waals surface area contributed by atoms with Gasteiger partial charge in [-0.05, 0) is 32.9 Å². The average molecular weight is 224 g/mol. The molecule has 1 aromatic rings. The Bertz CT molecular complexity index is 279. The van der Waals surface area contributed by atoms with Crippen molar-refractivity contribution in [3.05, 3.63) is 18.5 Å². The fraction of sp³-hybridized carbons (Fsp3) is 0.750. The largest absolute Gasteiger partial charge is 0.329 e. The highest BCUT2D eigenvalue weighted by molar-refractivity contribution is 4.83. The van der Waals surface area contributed by atoms with Crippen LogP contribution in [0.25, 0.3) is 0 Å². The van der Waals surface area contributed by atoms with Crippen molar-refractivity contribution in [3.63, 3.8) is 0 Å². The van der Waals surface area contributed by atoms with Crippen molar-refractivity contribution in [1.29, 1.82) is 0 Å². The second-order valence-electron chi connectivity index (χ2n) is 4.77. The number of nitrogens with zero attached hydrogens (tertiary/aromatic N) is 3. The van der Waals surface area contributed by atoms with Gasteiger partial charge in [0.05, 0.1) is 6.54 Å². The first kappa shape index (κ1) is 13.2. The lowest BCUT2D eigenvalue weighted by molar-refractivity contribution is 0.120. The van der Waals surface area contributed by atoms with Gasteiger partial charge in [-0.2, -0.15) is 5.10 Å². The molecule has 1 aromatic heterocycles. The lowest BCUT2D eigenvalue weighted by atomic mass is 10.0. The van der Waals surface area contributed by atoms with Crippen LogP contribution in [0.4, 0.5) is 0 Å². The number of hydrogen-bond acceptors (Lipinski definition) is 3. The maximum absolute atomic E-state index is 5.82. The van der Waals surface area contributed by atoms with Gasteiger partial charge in [-0.3, -0.25) is 9.58 Å². The molecule has 16 heavy (non-hydrogen) atoms. The monoisotopic (exact) mass is 224 g/mol. The molecule has 92 valence electrons. The second kappa shape index (κ2) is 6.01. The van der Waals surface area contributed by atoms with Crippen molar-refractivity contribution < 1.29 is 0 Å². The molecule has 0 spiro atoms. The van der Waals surface area contributed by atoms with Gasteiger partial charge >= 0.3 is 0 Å². The predicted molar refractivity (Wildman–Crippen MR) is 67.2 cm³/mol. The van der Waals surface area contributed by atoms with Crippen LogP contribution in [0.5, 0.6) is 0 Å². The first-order valence-electron chi connectivity index (χ1n) is 6.02. The Kier molecular flexibility index (Phi) is 4.96. The van der Waals surface area contributed by atoms with Gasteiger partial charge in [0.15, 0.2) is 0 Å². The molecule has 0 aliphatic heterocycles. The smallest absolute Gasteiger partial charge is 0.0536 e. The molecule has 0 bridgehead atoms. The molecule has 0 aliphatic rings. The van der Waals surface area contributed by atoms with Crippen molar-refractivity contribution >= 4 is 0 Å². The van der Waals surface area contributed by atoms with Gasteiger partial charge in [0, 0.05) is 31.0 Å². The minimum atomic E-state index is 0.0726. The summed E-state index contributed by atoms with van der Waals surface area (Å²) in [4.78, 5) is 2.44. The highest BCUT2D eigenvalue weighted by Gasteiger charge is 2.23. The summed E-state index contributed by atoms with van der Waals surface area (Å²) in [6.07, 6.45) is 4.97. The second-order valence-corrected chi connectivity index (χ2v) is 4.77. The molecule has 0 fully saturated rings. The van der Waals surface area contributed by atoms with Crippen molar-refractivity contribution in [3.8, 4) is 0 Å². The van der Waals surface area contributed by atoms with Crippen LogP contribution in [0.3, 0.4) is 0 Å². The highest BCUT2D eigenvalue weighted by Crippen LogP contribution is 2.13. The van der Waals surface area contributed by atoms with Gasteiger partial charge in [-0.25, -0.2) is 0 Å². The first-order chi connectivity index (χ1) is 7.60. The average Bonchev–Trinajstić information content (AvgIpc) is 2.76. The molecule has 4 heteroatoms. The third kappa shape index (κ3) is 3.61. The quantitative estimate of drug-likeness (QED) is 0.760. The number of rotatable bonds is 7. The van der Waals surface area contributed by atoms with Crippen molar-refractivity contribution in [2.24, 2.45) is 5.73 Å². The third-order valence-corrected chi connectivity index (χ3v) is 3.01. The van der Waals surface area contributed by atoms with E-state index in [2.05, 4.69) is 30.8 Å². The topological polar surface area (TPSA) is 47.1 Å². The van der Waals surface area contributed by atoms with E-state index in [4.69, 9.17) is 5.73 Å². The van der Waals surface area contributed by atoms with Crippen LogP contribution >= 0.6 is 0 Å². The van der Waals surface area contributed by atoms with E-state index in [1.54, 1.807) is 0 Å². The van der Waals surface area contributed by atoms with Crippen LogP contribution in [0, 0.1) is 0 Å². The maximum atomic E-state index is 5.82. The molecule has 0 radical (unpaired) electrons. The van der Waals surface area contributed by atoms with Gasteiger partial charge in [-0.15, -0.1) is 0 Å². The molecule has 0 aromatic carbocycles. The van der Waals surface area contributed by atoms with E-state index in [1.807, 2.05) is 23.1 Å². The predicted octanol–water partition coefficient (Wildman–Crippen LogP) is 1.33. The Morgan fingerprint density at radius 3 is 2.62 bits per heavy atom. The summed E-state index contributed by atoms with van der Waals surface area (Å²) >= 11 is 0. The van der Waals surface area contributed by atoms with Crippen LogP contribution in [-0.2, 0) is 6.54 Å². The summed E-state index contributed by atoms with van der Waals surface area (Å²) in [5.74, 6) is 0. The molecule has 0 aliphatic carbocycles. The zero-order chi connectivity index (χ0) is 12.0. The normalized spacial score (nSPS) is 12.3. The lowest BCUT2D eigenvalue weighted by Gasteiger charge is -2.37. The first-order valence-corrected chi connectivity index (χ1v) is 6.02. The molecule has 0 atom stereocenters. The van der Waals surface area contributed by atoms with E-state index in [0.29, 0.717) is 6.54 Å². The molecule has 0 unspecified atom stereocenters. The molecule has 2 N–H and O–H groups in total. The summed E-state index contributed by atoms with van der Waals surface area (Å²) < 4.78 is 1.97. The molecular formula is C12H24N4. The van der Waals surface area contributed by atoms with E-state index in [9.17, 15) is 0 Å². The zero-order valence-electron chi connectivity index (χ0n) is 10.7. The third-order valence-electron chi connectivity index (χ3n) is 3.01. The van der Waals surface area contributed by atoms with Gasteiger partial charge in [0.2, 0.25) is 0 Å². The van der Waals surface area contributed by atoms with Crippen LogP contribution in [0.2, 0.25) is 0 Å². The van der Waals surface area contributed by atoms with Gasteiger partial charge in [0.1, 0.15) is 0 Å². The van der Waals surface area contributed by atoms with Gasteiger partial charge in [0.25, 0.3) is 0 Å². The number of aromatic nitrogens is 2. The molecular weight excluding hydrogens is 200 g/mol. The standard InChI is InChI=1S/C12H24N4/c1-4-7-15(12(2,3)11-13)9-10-16-8-5-6-14-16/h5-6,8H,4,7,9-11,13H2,1-3H3. The molecule has 1 rings (SSSR count). The summed E-state index contributed by atoms with van der Waals surface area (Å²) in [5, 5.41) is 4.21. The maximum Gasteiger partial charge on any atom is 0.0536 e. The van der Waals surface area contributed by atoms with Crippen molar-refractivity contribution in [2.75, 3.05) is 19.6 Å². The van der Waals surface area contributed by atoms with Gasteiger partial charge in [-0.1, -0.05) is 6.92 Å². The van der Waals surface area contributed by atoms with Crippen LogP contribution in [0.1, 0.15) is 27.2 Å². The van der Waals surface area contributed by atoms with Crippen molar-refractivity contribution in [2.45, 2.75) is 39.3 Å². The van der Waals surface area contributed by atoms with Crippen LogP contribution < -0.4 is 5.73 Å². The Labute approximate surface area is 98.4 Å². The van der Waals surface area contributed by atoms with Gasteiger partial charge < -0.3 is 5.73 Å². The minimum Gasteiger partial charge on any atom is -0.329 e. The molecule has 0 amide bonds. The Hall–Kier alpha value is -0.870. The number of hydrogen-bond donors (Lipinski definition) is 1. The molecule has 0 saturated carbocycles. The van der Waals surface area contributed by atoms with E-state index in [0.717, 1.165) is 26.1 Å². The zero-order valence-corrected chi connectivity index (χ0v) is 10.7. The molecule has 1 heterocycles. The van der Waals surface area contributed by atoms with E-state index < -0.39 is 0 Å². The van der Waals surface area contributed by atoms with E-state index in [-0.39, 0.29) is 5.54 Å². The van der Waals surface area contributed by atoms with Crippen molar-refractivity contribution in [1.82, 2.24) is 14.7 Å². The SMILES string of the molecule is CCCN(CCn1cccn1)C(C)(C)CN. The Morgan fingerprint density at radius 1 is 1.38 bits per heavy atom. The Balaban J connectivity index is 2.51. The van der Waals surface area contributed by atoms with Crippen LogP contribution in [0.15, 0.2) is 18.5 Å². The fourth-order valence-corrected chi connectivity index (χ4v) is 1.77. The lowest BCUT2D eigenvalue weighted by Crippen LogP contribution is -2.50. The van der Waals surface area contributed by atoms with E-state index in [1.165, 1.54) is 0 Å². The van der Waals surface area contributed by atoms with E-state index >= 15 is 0 Å².